The van der Waals surface area contributed by atoms with E-state index in [0.717, 1.165) is 23.1 Å². The maximum absolute atomic E-state index is 11.9. The topological polar surface area (TPSA) is 67.8 Å². The van der Waals surface area contributed by atoms with E-state index < -0.39 is 11.9 Å². The number of nitrogens with one attached hydrogen (secondary N) is 1. The van der Waals surface area contributed by atoms with Crippen molar-refractivity contribution in [3.63, 3.8) is 0 Å². The number of pyridine rings is 3. The summed E-state index contributed by atoms with van der Waals surface area (Å²) in [4.78, 5) is 21.7. The average molecular weight is 450 g/mol. The molecule has 0 amide bonds. The number of benzene rings is 1. The molecule has 8 heteroatoms. The lowest BCUT2D eigenvalue weighted by Crippen LogP contribution is -2.07. The molecule has 5 nitrogen and oxygen atoms in total. The summed E-state index contributed by atoms with van der Waals surface area (Å²) in [5, 5.41) is 3.19. The Balaban J connectivity index is 0.000000218. The molecule has 3 aromatic heterocycles. The third kappa shape index (κ3) is 6.22. The van der Waals surface area contributed by atoms with Crippen molar-refractivity contribution in [2.45, 2.75) is 13.1 Å². The van der Waals surface area contributed by atoms with Crippen LogP contribution in [0.1, 0.15) is 21.6 Å². The van der Waals surface area contributed by atoms with Crippen LogP contribution in [0.4, 0.5) is 18.9 Å². The van der Waals surface area contributed by atoms with Crippen LogP contribution < -0.4 is 5.32 Å². The van der Waals surface area contributed by atoms with Crippen molar-refractivity contribution in [1.29, 1.82) is 0 Å². The Hall–Kier alpha value is -4.07. The lowest BCUT2D eigenvalue weighted by Gasteiger charge is -2.10. The molecule has 0 aliphatic carbocycles. The van der Waals surface area contributed by atoms with Crippen molar-refractivity contribution in [3.8, 4) is 22.4 Å². The summed E-state index contributed by atoms with van der Waals surface area (Å²) in [5.41, 5.74) is 5.72. The van der Waals surface area contributed by atoms with Gasteiger partial charge in [0.25, 0.3) is 0 Å². The van der Waals surface area contributed by atoms with Crippen LogP contribution in [0, 0.1) is 6.92 Å². The van der Waals surface area contributed by atoms with Gasteiger partial charge in [-0.3, -0.25) is 19.7 Å². The number of carbonyl (C=O) groups is 1. The van der Waals surface area contributed by atoms with E-state index in [1.54, 1.807) is 12.4 Å². The van der Waals surface area contributed by atoms with Crippen LogP contribution >= 0.6 is 0 Å². The fraction of sp³-hybridized carbons (Fsp3) is 0.120. The first kappa shape index (κ1) is 23.6. The number of anilines is 1. The minimum absolute atomic E-state index is 0.0303. The Labute approximate surface area is 189 Å². The quantitative estimate of drug-likeness (QED) is 0.382. The lowest BCUT2D eigenvalue weighted by atomic mass is 9.99. The molecule has 0 radical (unpaired) electrons. The smallest absolute Gasteiger partial charge is 0.388 e. The van der Waals surface area contributed by atoms with Gasteiger partial charge in [0.15, 0.2) is 0 Å². The molecule has 0 fully saturated rings. The zero-order valence-electron chi connectivity index (χ0n) is 18.0. The number of carbonyl (C=O) groups excluding carboxylic acids is 1. The number of aryl methyl sites for hydroxylation is 1. The average Bonchev–Trinajstić information content (AvgIpc) is 2.85. The Morgan fingerprint density at radius 3 is 2.21 bits per heavy atom. The highest BCUT2D eigenvalue weighted by molar-refractivity contribution is 5.75. The second-order valence-corrected chi connectivity index (χ2v) is 7.04. The van der Waals surface area contributed by atoms with E-state index in [4.69, 9.17) is 0 Å². The Bertz CT molecular complexity index is 1230. The molecule has 0 bridgehead atoms. The SMILES string of the molecule is CNc1ccc(C)c(-c2ccnc(-c3ccncc3)c2)c1.O=Cc1ccnc(C(F)(F)F)c1. The van der Waals surface area contributed by atoms with Crippen LogP contribution in [-0.2, 0) is 6.18 Å². The summed E-state index contributed by atoms with van der Waals surface area (Å²) < 4.78 is 35.8. The highest BCUT2D eigenvalue weighted by atomic mass is 19.4. The van der Waals surface area contributed by atoms with Gasteiger partial charge in [0, 0.05) is 48.6 Å². The molecule has 4 aromatic rings. The van der Waals surface area contributed by atoms with Gasteiger partial charge < -0.3 is 5.32 Å². The summed E-state index contributed by atoms with van der Waals surface area (Å²) in [7, 11) is 1.93. The van der Waals surface area contributed by atoms with Gasteiger partial charge in [0.05, 0.1) is 5.69 Å². The van der Waals surface area contributed by atoms with Crippen LogP contribution in [0.25, 0.3) is 22.4 Å². The Kier molecular flexibility index (Phi) is 7.50. The van der Waals surface area contributed by atoms with Gasteiger partial charge in [-0.25, -0.2) is 0 Å². The molecule has 1 N–H and O–H groups in total. The molecule has 1 aromatic carbocycles. The summed E-state index contributed by atoms with van der Waals surface area (Å²) in [6, 6.07) is 16.4. The van der Waals surface area contributed by atoms with Crippen molar-refractivity contribution >= 4 is 12.0 Å². The number of hydrogen-bond donors (Lipinski definition) is 1. The standard InChI is InChI=1S/C18H17N3.C7H4F3NO/c1-13-3-4-16(19-2)12-17(13)15-7-10-21-18(11-15)14-5-8-20-9-6-14;8-7(9,10)6-3-5(4-12)1-2-11-6/h3-12,19H,1-2H3;1-4H. The lowest BCUT2D eigenvalue weighted by molar-refractivity contribution is -0.141. The zero-order chi connectivity index (χ0) is 23.8. The second kappa shape index (κ2) is 10.5. The van der Waals surface area contributed by atoms with Crippen molar-refractivity contribution in [3.05, 3.63) is 96.2 Å². The number of hydrogen-bond acceptors (Lipinski definition) is 5. The van der Waals surface area contributed by atoms with Gasteiger partial charge in [-0.15, -0.1) is 0 Å². The second-order valence-electron chi connectivity index (χ2n) is 7.04. The maximum Gasteiger partial charge on any atom is 0.433 e. The van der Waals surface area contributed by atoms with Crippen molar-refractivity contribution in [2.24, 2.45) is 0 Å². The molecule has 33 heavy (non-hydrogen) atoms. The molecule has 0 saturated heterocycles. The summed E-state index contributed by atoms with van der Waals surface area (Å²) in [5.74, 6) is 0. The number of aldehydes is 1. The van der Waals surface area contributed by atoms with Gasteiger partial charge in [0.2, 0.25) is 0 Å². The van der Waals surface area contributed by atoms with Crippen LogP contribution in [0.2, 0.25) is 0 Å². The predicted molar refractivity (Wildman–Crippen MR) is 122 cm³/mol. The first-order chi connectivity index (χ1) is 15.8. The predicted octanol–water partition coefficient (Wildman–Crippen LogP) is 6.07. The first-order valence-electron chi connectivity index (χ1n) is 9.95. The van der Waals surface area contributed by atoms with Crippen LogP contribution in [0.15, 0.2) is 79.4 Å². The minimum Gasteiger partial charge on any atom is -0.388 e. The number of aromatic nitrogens is 3. The van der Waals surface area contributed by atoms with Gasteiger partial charge >= 0.3 is 6.18 Å². The molecule has 4 rings (SSSR count). The van der Waals surface area contributed by atoms with E-state index in [9.17, 15) is 18.0 Å². The van der Waals surface area contributed by atoms with Crippen LogP contribution in [0.3, 0.4) is 0 Å². The minimum atomic E-state index is -4.49. The van der Waals surface area contributed by atoms with Crippen molar-refractivity contribution < 1.29 is 18.0 Å². The maximum atomic E-state index is 11.9. The van der Waals surface area contributed by atoms with Gasteiger partial charge in [-0.05, 0) is 72.1 Å². The highest BCUT2D eigenvalue weighted by Crippen LogP contribution is 2.29. The van der Waals surface area contributed by atoms with E-state index >= 15 is 0 Å². The molecule has 0 aliphatic heterocycles. The van der Waals surface area contributed by atoms with E-state index in [2.05, 4.69) is 51.5 Å². The van der Waals surface area contributed by atoms with Gasteiger partial charge in [-0.2, -0.15) is 13.2 Å². The first-order valence-corrected chi connectivity index (χ1v) is 9.95. The molecular weight excluding hydrogens is 429 g/mol. The molecule has 0 unspecified atom stereocenters. The van der Waals surface area contributed by atoms with Crippen molar-refractivity contribution in [1.82, 2.24) is 15.0 Å². The monoisotopic (exact) mass is 450 g/mol. The summed E-state index contributed by atoms with van der Waals surface area (Å²) in [6.45, 7) is 2.13. The largest absolute Gasteiger partial charge is 0.433 e. The van der Waals surface area contributed by atoms with Gasteiger partial charge in [0.1, 0.15) is 12.0 Å². The molecule has 0 atom stereocenters. The Morgan fingerprint density at radius 2 is 1.55 bits per heavy atom. The molecular formula is C25H21F3N4O. The van der Waals surface area contributed by atoms with E-state index in [1.807, 2.05) is 31.4 Å². The molecule has 168 valence electrons. The fourth-order valence-electron chi connectivity index (χ4n) is 3.04. The molecule has 0 aliphatic rings. The van der Waals surface area contributed by atoms with E-state index in [0.29, 0.717) is 12.4 Å². The molecule has 3 heterocycles. The summed E-state index contributed by atoms with van der Waals surface area (Å²) >= 11 is 0. The molecule has 0 spiro atoms. The van der Waals surface area contributed by atoms with Gasteiger partial charge in [-0.1, -0.05) is 6.07 Å². The normalized spacial score (nSPS) is 10.7. The molecule has 0 saturated carbocycles. The number of rotatable bonds is 4. The highest BCUT2D eigenvalue weighted by Gasteiger charge is 2.32. The number of alkyl halides is 3. The van der Waals surface area contributed by atoms with Crippen molar-refractivity contribution in [2.75, 3.05) is 12.4 Å². The van der Waals surface area contributed by atoms with Crippen LogP contribution in [0.5, 0.6) is 0 Å². The third-order valence-electron chi connectivity index (χ3n) is 4.78. The number of halogens is 3. The van der Waals surface area contributed by atoms with E-state index in [-0.39, 0.29) is 5.56 Å². The summed E-state index contributed by atoms with van der Waals surface area (Å²) in [6.07, 6.45) is 2.24. The number of nitrogens with zero attached hydrogens (tertiary/aromatic N) is 3. The zero-order valence-corrected chi connectivity index (χ0v) is 18.0. The Morgan fingerprint density at radius 1 is 0.848 bits per heavy atom. The third-order valence-corrected chi connectivity index (χ3v) is 4.78. The van der Waals surface area contributed by atoms with Crippen LogP contribution in [-0.4, -0.2) is 28.3 Å². The fourth-order valence-corrected chi connectivity index (χ4v) is 3.04. The van der Waals surface area contributed by atoms with E-state index in [1.165, 1.54) is 22.8 Å².